The molecule has 0 fully saturated rings. The summed E-state index contributed by atoms with van der Waals surface area (Å²) in [6.07, 6.45) is 0. The molecular weight excluding hydrogens is 252 g/mol. The fourth-order valence-corrected chi connectivity index (χ4v) is 1.93. The van der Waals surface area contributed by atoms with Crippen LogP contribution in [0.4, 0.5) is 0 Å². The molecule has 1 amide bonds. The molecule has 0 aliphatic rings. The monoisotopic (exact) mass is 278 g/mol. The van der Waals surface area contributed by atoms with Crippen molar-refractivity contribution in [1.29, 1.82) is 0 Å². The summed E-state index contributed by atoms with van der Waals surface area (Å²) < 4.78 is 5.41. The zero-order chi connectivity index (χ0) is 15.2. The average molecular weight is 278 g/mol. The first-order chi connectivity index (χ1) is 9.30. The Morgan fingerprint density at radius 1 is 1.25 bits per heavy atom. The number of amides is 1. The number of ether oxygens (including phenoxy) is 1. The van der Waals surface area contributed by atoms with Crippen LogP contribution < -0.4 is 10.1 Å². The van der Waals surface area contributed by atoms with E-state index in [1.54, 1.807) is 0 Å². The fraction of sp³-hybridized carbons (Fsp3) is 0.562. The molecule has 0 saturated carbocycles. The molecule has 0 radical (unpaired) electrons. The lowest BCUT2D eigenvalue weighted by Crippen LogP contribution is -2.45. The Kier molecular flexibility index (Phi) is 6.02. The summed E-state index contributed by atoms with van der Waals surface area (Å²) in [4.78, 5) is 13.8. The smallest absolute Gasteiger partial charge is 0.234 e. The largest absolute Gasteiger partial charge is 0.494 e. The van der Waals surface area contributed by atoms with Crippen LogP contribution in [0, 0.1) is 0 Å². The summed E-state index contributed by atoms with van der Waals surface area (Å²) in [5, 5.41) is 2.96. The molecule has 112 valence electrons. The molecule has 0 atom stereocenters. The lowest BCUT2D eigenvalue weighted by atomic mass is 10.1. The van der Waals surface area contributed by atoms with Crippen LogP contribution in [0.3, 0.4) is 0 Å². The molecule has 1 aromatic rings. The van der Waals surface area contributed by atoms with Gasteiger partial charge in [0.1, 0.15) is 5.75 Å². The molecule has 0 unspecified atom stereocenters. The van der Waals surface area contributed by atoms with E-state index >= 15 is 0 Å². The standard InChI is InChI=1S/C16H26N2O2/c1-6-20-14-9-7-13(8-10-14)11-18(5)12-15(19)17-16(2,3)4/h7-10H,6,11-12H2,1-5H3,(H,17,19). The zero-order valence-electron chi connectivity index (χ0n) is 13.2. The van der Waals surface area contributed by atoms with Gasteiger partial charge in [-0.25, -0.2) is 0 Å². The number of rotatable bonds is 6. The van der Waals surface area contributed by atoms with Crippen molar-refractivity contribution in [2.24, 2.45) is 0 Å². The van der Waals surface area contributed by atoms with Crippen LogP contribution >= 0.6 is 0 Å². The van der Waals surface area contributed by atoms with Gasteiger partial charge in [-0.3, -0.25) is 9.69 Å². The molecule has 1 rings (SSSR count). The number of hydrogen-bond acceptors (Lipinski definition) is 3. The van der Waals surface area contributed by atoms with Crippen molar-refractivity contribution in [2.75, 3.05) is 20.2 Å². The lowest BCUT2D eigenvalue weighted by molar-refractivity contribution is -0.123. The highest BCUT2D eigenvalue weighted by atomic mass is 16.5. The highest BCUT2D eigenvalue weighted by Crippen LogP contribution is 2.13. The maximum Gasteiger partial charge on any atom is 0.234 e. The number of likely N-dealkylation sites (N-methyl/N-ethyl adjacent to an activating group) is 1. The Bertz CT molecular complexity index is 421. The molecule has 0 spiro atoms. The van der Waals surface area contributed by atoms with Gasteiger partial charge in [0, 0.05) is 12.1 Å². The SMILES string of the molecule is CCOc1ccc(CN(C)CC(=O)NC(C)(C)C)cc1. The number of carbonyl (C=O) groups excluding carboxylic acids is 1. The van der Waals surface area contributed by atoms with Crippen LogP contribution in [0.25, 0.3) is 0 Å². The normalized spacial score (nSPS) is 11.5. The zero-order valence-corrected chi connectivity index (χ0v) is 13.2. The third kappa shape index (κ3) is 6.57. The van der Waals surface area contributed by atoms with Gasteiger partial charge in [0.2, 0.25) is 5.91 Å². The van der Waals surface area contributed by atoms with Crippen molar-refractivity contribution in [3.63, 3.8) is 0 Å². The summed E-state index contributed by atoms with van der Waals surface area (Å²) >= 11 is 0. The molecule has 0 aliphatic carbocycles. The third-order valence-electron chi connectivity index (χ3n) is 2.61. The number of benzene rings is 1. The number of nitrogens with zero attached hydrogens (tertiary/aromatic N) is 1. The summed E-state index contributed by atoms with van der Waals surface area (Å²) in [6.45, 7) is 9.72. The minimum absolute atomic E-state index is 0.0472. The van der Waals surface area contributed by atoms with Gasteiger partial charge >= 0.3 is 0 Å². The summed E-state index contributed by atoms with van der Waals surface area (Å²) in [7, 11) is 1.94. The topological polar surface area (TPSA) is 41.6 Å². The van der Waals surface area contributed by atoms with Crippen LogP contribution in [-0.4, -0.2) is 36.5 Å². The van der Waals surface area contributed by atoms with E-state index in [0.29, 0.717) is 13.2 Å². The summed E-state index contributed by atoms with van der Waals surface area (Å²) in [5.74, 6) is 0.926. The minimum atomic E-state index is -0.183. The molecule has 0 aliphatic heterocycles. The first kappa shape index (κ1) is 16.5. The van der Waals surface area contributed by atoms with E-state index in [4.69, 9.17) is 4.74 Å². The van der Waals surface area contributed by atoms with Crippen molar-refractivity contribution in [3.05, 3.63) is 29.8 Å². The maximum atomic E-state index is 11.8. The van der Waals surface area contributed by atoms with Crippen LogP contribution in [0.15, 0.2) is 24.3 Å². The molecule has 0 aromatic heterocycles. The second-order valence-corrected chi connectivity index (χ2v) is 6.05. The Balaban J connectivity index is 2.45. The average Bonchev–Trinajstić information content (AvgIpc) is 2.29. The lowest BCUT2D eigenvalue weighted by Gasteiger charge is -2.23. The molecule has 0 saturated heterocycles. The van der Waals surface area contributed by atoms with Crippen molar-refractivity contribution < 1.29 is 9.53 Å². The molecule has 0 bridgehead atoms. The molecule has 4 nitrogen and oxygen atoms in total. The Hall–Kier alpha value is -1.55. The van der Waals surface area contributed by atoms with Gasteiger partial charge in [-0.1, -0.05) is 12.1 Å². The van der Waals surface area contributed by atoms with Crippen LogP contribution in [-0.2, 0) is 11.3 Å². The highest BCUT2D eigenvalue weighted by Gasteiger charge is 2.15. The number of nitrogens with one attached hydrogen (secondary N) is 1. The van der Waals surface area contributed by atoms with Gasteiger partial charge < -0.3 is 10.1 Å². The van der Waals surface area contributed by atoms with Crippen molar-refractivity contribution in [3.8, 4) is 5.75 Å². The van der Waals surface area contributed by atoms with Gasteiger partial charge in [-0.15, -0.1) is 0 Å². The van der Waals surface area contributed by atoms with Gasteiger partial charge in [0.05, 0.1) is 13.2 Å². The Labute approximate surface area is 122 Å². The maximum absolute atomic E-state index is 11.8. The predicted octanol–water partition coefficient (Wildman–Crippen LogP) is 2.43. The summed E-state index contributed by atoms with van der Waals surface area (Å²) in [5.41, 5.74) is 0.983. The van der Waals surface area contributed by atoms with E-state index in [0.717, 1.165) is 12.3 Å². The van der Waals surface area contributed by atoms with E-state index in [1.165, 1.54) is 5.56 Å². The first-order valence-electron chi connectivity index (χ1n) is 7.01. The molecule has 4 heteroatoms. The first-order valence-corrected chi connectivity index (χ1v) is 7.01. The molecular formula is C16H26N2O2. The van der Waals surface area contributed by atoms with Crippen molar-refractivity contribution in [2.45, 2.75) is 39.8 Å². The van der Waals surface area contributed by atoms with E-state index in [2.05, 4.69) is 5.32 Å². The molecule has 0 heterocycles. The Morgan fingerprint density at radius 2 is 1.85 bits per heavy atom. The predicted molar refractivity (Wildman–Crippen MR) is 81.8 cm³/mol. The molecule has 1 aromatic carbocycles. The van der Waals surface area contributed by atoms with Crippen LogP contribution in [0.1, 0.15) is 33.3 Å². The number of hydrogen-bond donors (Lipinski definition) is 1. The fourth-order valence-electron chi connectivity index (χ4n) is 1.93. The third-order valence-corrected chi connectivity index (χ3v) is 2.61. The van der Waals surface area contributed by atoms with Crippen LogP contribution in [0.5, 0.6) is 5.75 Å². The van der Waals surface area contributed by atoms with E-state index in [1.807, 2.05) is 63.9 Å². The van der Waals surface area contributed by atoms with Gasteiger partial charge in [-0.05, 0) is 52.4 Å². The van der Waals surface area contributed by atoms with Crippen molar-refractivity contribution in [1.82, 2.24) is 10.2 Å². The van der Waals surface area contributed by atoms with Gasteiger partial charge in [0.15, 0.2) is 0 Å². The van der Waals surface area contributed by atoms with Crippen LogP contribution in [0.2, 0.25) is 0 Å². The minimum Gasteiger partial charge on any atom is -0.494 e. The van der Waals surface area contributed by atoms with Gasteiger partial charge in [0.25, 0.3) is 0 Å². The van der Waals surface area contributed by atoms with Crippen molar-refractivity contribution >= 4 is 5.91 Å². The summed E-state index contributed by atoms with van der Waals surface area (Å²) in [6, 6.07) is 7.98. The van der Waals surface area contributed by atoms with E-state index in [-0.39, 0.29) is 11.4 Å². The highest BCUT2D eigenvalue weighted by molar-refractivity contribution is 5.78. The van der Waals surface area contributed by atoms with E-state index < -0.39 is 0 Å². The second kappa shape index (κ2) is 7.29. The molecule has 1 N–H and O–H groups in total. The Morgan fingerprint density at radius 3 is 2.35 bits per heavy atom. The number of carbonyl (C=O) groups is 1. The van der Waals surface area contributed by atoms with Gasteiger partial charge in [-0.2, -0.15) is 0 Å². The quantitative estimate of drug-likeness (QED) is 0.869. The second-order valence-electron chi connectivity index (χ2n) is 6.05. The molecule has 20 heavy (non-hydrogen) atoms. The van der Waals surface area contributed by atoms with E-state index in [9.17, 15) is 4.79 Å².